The highest BCUT2D eigenvalue weighted by Crippen LogP contribution is 2.15. The zero-order chi connectivity index (χ0) is 18.8. The number of nitrogens with one attached hydrogen (secondary N) is 2. The van der Waals surface area contributed by atoms with Crippen molar-refractivity contribution in [2.75, 3.05) is 19.8 Å². The topological polar surface area (TPSA) is 67.4 Å². The molecule has 1 rings (SSSR count). The summed E-state index contributed by atoms with van der Waals surface area (Å²) < 4.78 is 5.48. The van der Waals surface area contributed by atoms with E-state index in [1.54, 1.807) is 24.3 Å². The SMILES string of the molecule is CC(C)COCCCNC(=O)C(NC(=O)c1ccccc1Cl)C(C)C. The molecule has 0 heterocycles. The average molecular weight is 369 g/mol. The molecule has 0 bridgehead atoms. The van der Waals surface area contributed by atoms with Crippen LogP contribution in [0.5, 0.6) is 0 Å². The van der Waals surface area contributed by atoms with Crippen LogP contribution in [0, 0.1) is 11.8 Å². The lowest BCUT2D eigenvalue weighted by atomic mass is 10.0. The fourth-order valence-corrected chi connectivity index (χ4v) is 2.44. The predicted molar refractivity (Wildman–Crippen MR) is 101 cm³/mol. The van der Waals surface area contributed by atoms with Gasteiger partial charge in [-0.05, 0) is 30.4 Å². The Bertz CT molecular complexity index is 561. The van der Waals surface area contributed by atoms with Crippen LogP contribution in [-0.2, 0) is 9.53 Å². The van der Waals surface area contributed by atoms with E-state index in [2.05, 4.69) is 24.5 Å². The van der Waals surface area contributed by atoms with E-state index >= 15 is 0 Å². The van der Waals surface area contributed by atoms with Crippen LogP contribution < -0.4 is 10.6 Å². The molecule has 0 aliphatic rings. The standard InChI is InChI=1S/C19H29ClN2O3/c1-13(2)12-25-11-7-10-21-19(24)17(14(3)4)22-18(23)15-8-5-6-9-16(15)20/h5-6,8-9,13-14,17H,7,10-12H2,1-4H3,(H,21,24)(H,22,23). The van der Waals surface area contributed by atoms with E-state index in [0.29, 0.717) is 29.7 Å². The smallest absolute Gasteiger partial charge is 0.253 e. The fourth-order valence-electron chi connectivity index (χ4n) is 2.21. The van der Waals surface area contributed by atoms with Gasteiger partial charge in [-0.2, -0.15) is 0 Å². The minimum Gasteiger partial charge on any atom is -0.381 e. The summed E-state index contributed by atoms with van der Waals surface area (Å²) in [6.45, 7) is 9.81. The zero-order valence-corrected chi connectivity index (χ0v) is 16.2. The molecule has 2 amide bonds. The lowest BCUT2D eigenvalue weighted by Gasteiger charge is -2.22. The van der Waals surface area contributed by atoms with E-state index in [-0.39, 0.29) is 17.7 Å². The van der Waals surface area contributed by atoms with Gasteiger partial charge in [0, 0.05) is 19.8 Å². The highest BCUT2D eigenvalue weighted by molar-refractivity contribution is 6.33. The normalized spacial score (nSPS) is 12.3. The molecule has 0 fully saturated rings. The molecule has 0 saturated carbocycles. The zero-order valence-electron chi connectivity index (χ0n) is 15.5. The highest BCUT2D eigenvalue weighted by Gasteiger charge is 2.25. The van der Waals surface area contributed by atoms with Gasteiger partial charge in [0.2, 0.25) is 5.91 Å². The maximum atomic E-state index is 12.4. The fraction of sp³-hybridized carbons (Fsp3) is 0.579. The van der Waals surface area contributed by atoms with Crippen molar-refractivity contribution in [3.8, 4) is 0 Å². The van der Waals surface area contributed by atoms with Crippen LogP contribution in [0.3, 0.4) is 0 Å². The summed E-state index contributed by atoms with van der Waals surface area (Å²) in [6, 6.07) is 6.17. The number of hydrogen-bond donors (Lipinski definition) is 2. The van der Waals surface area contributed by atoms with E-state index in [0.717, 1.165) is 13.0 Å². The Labute approximate surface area is 155 Å². The van der Waals surface area contributed by atoms with Gasteiger partial charge in [-0.25, -0.2) is 0 Å². The van der Waals surface area contributed by atoms with Gasteiger partial charge in [-0.1, -0.05) is 51.4 Å². The van der Waals surface area contributed by atoms with Gasteiger partial charge >= 0.3 is 0 Å². The van der Waals surface area contributed by atoms with E-state index in [9.17, 15) is 9.59 Å². The van der Waals surface area contributed by atoms with Crippen LogP contribution in [0.1, 0.15) is 44.5 Å². The monoisotopic (exact) mass is 368 g/mol. The number of amides is 2. The number of rotatable bonds is 10. The molecule has 2 N–H and O–H groups in total. The van der Waals surface area contributed by atoms with Gasteiger partial charge < -0.3 is 15.4 Å². The molecule has 1 atom stereocenters. The molecule has 1 unspecified atom stereocenters. The number of hydrogen-bond acceptors (Lipinski definition) is 3. The molecule has 6 heteroatoms. The Hall–Kier alpha value is -1.59. The summed E-state index contributed by atoms with van der Waals surface area (Å²) in [5.41, 5.74) is 0.365. The minimum absolute atomic E-state index is 0.0383. The second-order valence-electron chi connectivity index (χ2n) is 6.79. The molecule has 1 aromatic rings. The first-order valence-corrected chi connectivity index (χ1v) is 9.11. The highest BCUT2D eigenvalue weighted by atomic mass is 35.5. The minimum atomic E-state index is -0.611. The molecule has 0 aromatic heterocycles. The van der Waals surface area contributed by atoms with Crippen molar-refractivity contribution in [2.45, 2.75) is 40.2 Å². The third kappa shape index (κ3) is 7.88. The van der Waals surface area contributed by atoms with E-state index in [1.807, 2.05) is 13.8 Å². The van der Waals surface area contributed by atoms with Gasteiger partial charge in [-0.15, -0.1) is 0 Å². The number of ether oxygens (including phenoxy) is 1. The molecule has 1 aromatic carbocycles. The first kappa shape index (κ1) is 21.5. The first-order chi connectivity index (χ1) is 11.8. The Morgan fingerprint density at radius 1 is 1.16 bits per heavy atom. The van der Waals surface area contributed by atoms with Crippen molar-refractivity contribution < 1.29 is 14.3 Å². The van der Waals surface area contributed by atoms with E-state index in [1.165, 1.54) is 0 Å². The van der Waals surface area contributed by atoms with Crippen molar-refractivity contribution in [3.05, 3.63) is 34.9 Å². The molecule has 25 heavy (non-hydrogen) atoms. The number of carbonyl (C=O) groups excluding carboxylic acids is 2. The van der Waals surface area contributed by atoms with Gasteiger partial charge in [-0.3, -0.25) is 9.59 Å². The third-order valence-electron chi connectivity index (χ3n) is 3.57. The lowest BCUT2D eigenvalue weighted by Crippen LogP contribution is -2.50. The number of carbonyl (C=O) groups is 2. The van der Waals surface area contributed by atoms with Crippen LogP contribution in [0.4, 0.5) is 0 Å². The van der Waals surface area contributed by atoms with Crippen LogP contribution in [0.2, 0.25) is 5.02 Å². The molecule has 5 nitrogen and oxygen atoms in total. The summed E-state index contributed by atoms with van der Waals surface area (Å²) >= 11 is 6.04. The molecular formula is C19H29ClN2O3. The Kier molecular flexibility index (Phi) is 9.53. The summed E-state index contributed by atoms with van der Waals surface area (Å²) in [5, 5.41) is 6.00. The van der Waals surface area contributed by atoms with Crippen molar-refractivity contribution in [2.24, 2.45) is 11.8 Å². The second-order valence-corrected chi connectivity index (χ2v) is 7.20. The maximum Gasteiger partial charge on any atom is 0.253 e. The third-order valence-corrected chi connectivity index (χ3v) is 3.90. The summed E-state index contributed by atoms with van der Waals surface area (Å²) in [5.74, 6) is -0.0810. The van der Waals surface area contributed by atoms with E-state index in [4.69, 9.17) is 16.3 Å². The molecule has 0 saturated heterocycles. The van der Waals surface area contributed by atoms with Gasteiger partial charge in [0.15, 0.2) is 0 Å². The molecule has 0 spiro atoms. The van der Waals surface area contributed by atoms with Crippen LogP contribution >= 0.6 is 11.6 Å². The first-order valence-electron chi connectivity index (χ1n) is 8.73. The summed E-state index contributed by atoms with van der Waals surface area (Å²) in [4.78, 5) is 24.7. The van der Waals surface area contributed by atoms with Crippen molar-refractivity contribution in [1.29, 1.82) is 0 Å². The quantitative estimate of drug-likeness (QED) is 0.623. The molecule has 0 aliphatic carbocycles. The Balaban J connectivity index is 2.49. The Morgan fingerprint density at radius 3 is 2.44 bits per heavy atom. The van der Waals surface area contributed by atoms with E-state index < -0.39 is 6.04 Å². The van der Waals surface area contributed by atoms with Gasteiger partial charge in [0.25, 0.3) is 5.91 Å². The Morgan fingerprint density at radius 2 is 1.84 bits per heavy atom. The number of halogens is 1. The molecule has 0 aliphatic heterocycles. The van der Waals surface area contributed by atoms with Crippen molar-refractivity contribution in [3.63, 3.8) is 0 Å². The van der Waals surface area contributed by atoms with Crippen molar-refractivity contribution in [1.82, 2.24) is 10.6 Å². The summed E-state index contributed by atoms with van der Waals surface area (Å²) in [6.07, 6.45) is 0.738. The average Bonchev–Trinajstić information content (AvgIpc) is 2.55. The van der Waals surface area contributed by atoms with Crippen LogP contribution in [0.25, 0.3) is 0 Å². The second kappa shape index (κ2) is 11.1. The predicted octanol–water partition coefficient (Wildman–Crippen LogP) is 3.27. The maximum absolute atomic E-state index is 12.4. The van der Waals surface area contributed by atoms with Crippen molar-refractivity contribution >= 4 is 23.4 Å². The largest absolute Gasteiger partial charge is 0.381 e. The molecule has 0 radical (unpaired) electrons. The van der Waals surface area contributed by atoms with Crippen LogP contribution in [-0.4, -0.2) is 37.6 Å². The molecule has 140 valence electrons. The van der Waals surface area contributed by atoms with Crippen LogP contribution in [0.15, 0.2) is 24.3 Å². The lowest BCUT2D eigenvalue weighted by molar-refractivity contribution is -0.124. The van der Waals surface area contributed by atoms with Gasteiger partial charge in [0.05, 0.1) is 10.6 Å². The van der Waals surface area contributed by atoms with Gasteiger partial charge in [0.1, 0.15) is 6.04 Å². The number of benzene rings is 1. The summed E-state index contributed by atoms with van der Waals surface area (Å²) in [7, 11) is 0. The molecular weight excluding hydrogens is 340 g/mol.